The molecule has 0 aliphatic carbocycles. The maximum atomic E-state index is 10.8. The molecular weight excluding hydrogens is 480 g/mol. The highest BCUT2D eigenvalue weighted by Crippen LogP contribution is 2.35. The molecule has 8 nitrogen and oxygen atoms in total. The van der Waals surface area contributed by atoms with Crippen LogP contribution in [0.15, 0.2) is 59.1 Å². The number of nitrogens with one attached hydrogen (secondary N) is 1. The van der Waals surface area contributed by atoms with Crippen LogP contribution in [0, 0.1) is 10.1 Å². The minimum Gasteiger partial charge on any atom is -0.493 e. The Morgan fingerprint density at radius 1 is 1.00 bits per heavy atom. The van der Waals surface area contributed by atoms with E-state index in [0.29, 0.717) is 24.6 Å². The zero-order chi connectivity index (χ0) is 22.5. The third-order valence-corrected chi connectivity index (χ3v) is 5.69. The van der Waals surface area contributed by atoms with Gasteiger partial charge in [0.2, 0.25) is 6.79 Å². The highest BCUT2D eigenvalue weighted by atomic mass is 79.9. The van der Waals surface area contributed by atoms with Crippen molar-refractivity contribution < 1.29 is 23.9 Å². The van der Waals surface area contributed by atoms with Crippen molar-refractivity contribution in [3.05, 3.63) is 85.9 Å². The molecular formula is C23H21BrN2O6. The molecule has 1 aliphatic rings. The van der Waals surface area contributed by atoms with Crippen molar-refractivity contribution in [2.75, 3.05) is 13.9 Å². The van der Waals surface area contributed by atoms with Crippen LogP contribution in [0.2, 0.25) is 0 Å². The van der Waals surface area contributed by atoms with Gasteiger partial charge >= 0.3 is 0 Å². The summed E-state index contributed by atoms with van der Waals surface area (Å²) in [6, 6.07) is 15.9. The van der Waals surface area contributed by atoms with Crippen LogP contribution in [0.4, 0.5) is 5.69 Å². The van der Waals surface area contributed by atoms with Crippen molar-refractivity contribution in [3.63, 3.8) is 0 Å². The molecule has 0 fully saturated rings. The molecule has 0 saturated heterocycles. The van der Waals surface area contributed by atoms with Crippen LogP contribution in [0.25, 0.3) is 0 Å². The van der Waals surface area contributed by atoms with Gasteiger partial charge in [0.1, 0.15) is 6.61 Å². The molecule has 1 N–H and O–H groups in total. The number of nitro groups is 1. The summed E-state index contributed by atoms with van der Waals surface area (Å²) in [5.74, 6) is 2.72. The second-order valence-electron chi connectivity index (χ2n) is 7.10. The van der Waals surface area contributed by atoms with Gasteiger partial charge in [-0.2, -0.15) is 0 Å². The topological polar surface area (TPSA) is 92.1 Å². The fourth-order valence-electron chi connectivity index (χ4n) is 3.25. The van der Waals surface area contributed by atoms with Crippen LogP contribution in [-0.4, -0.2) is 18.8 Å². The molecule has 3 aromatic rings. The molecule has 0 bridgehead atoms. The highest BCUT2D eigenvalue weighted by molar-refractivity contribution is 9.10. The molecule has 32 heavy (non-hydrogen) atoms. The smallest absolute Gasteiger partial charge is 0.269 e. The van der Waals surface area contributed by atoms with Gasteiger partial charge < -0.3 is 24.3 Å². The quantitative estimate of drug-likeness (QED) is 0.327. The summed E-state index contributed by atoms with van der Waals surface area (Å²) in [6.07, 6.45) is 0. The number of hydrogen-bond donors (Lipinski definition) is 1. The van der Waals surface area contributed by atoms with Gasteiger partial charge in [0, 0.05) is 29.7 Å². The van der Waals surface area contributed by atoms with Gasteiger partial charge in [-0.1, -0.05) is 22.0 Å². The molecule has 0 atom stereocenters. The number of nitrogens with zero attached hydrogens (tertiary/aromatic N) is 1. The van der Waals surface area contributed by atoms with E-state index in [4.69, 9.17) is 18.9 Å². The first kappa shape index (κ1) is 21.9. The second kappa shape index (κ2) is 9.88. The van der Waals surface area contributed by atoms with E-state index in [1.165, 1.54) is 12.1 Å². The fourth-order valence-corrected chi connectivity index (χ4v) is 3.71. The molecule has 4 rings (SSSR count). The Labute approximate surface area is 193 Å². The molecule has 3 aromatic carbocycles. The molecule has 0 saturated carbocycles. The van der Waals surface area contributed by atoms with Crippen molar-refractivity contribution >= 4 is 21.6 Å². The van der Waals surface area contributed by atoms with E-state index in [1.54, 1.807) is 19.2 Å². The Hall–Kier alpha value is -3.30. The summed E-state index contributed by atoms with van der Waals surface area (Å²) in [5, 5.41) is 14.2. The number of nitro benzene ring substituents is 1. The number of halogens is 1. The summed E-state index contributed by atoms with van der Waals surface area (Å²) < 4.78 is 23.0. The average molecular weight is 501 g/mol. The van der Waals surface area contributed by atoms with Gasteiger partial charge in [-0.15, -0.1) is 0 Å². The van der Waals surface area contributed by atoms with Crippen LogP contribution < -0.4 is 24.3 Å². The normalized spacial score (nSPS) is 11.9. The summed E-state index contributed by atoms with van der Waals surface area (Å²) in [6.45, 7) is 1.82. The number of rotatable bonds is 9. The summed E-state index contributed by atoms with van der Waals surface area (Å²) in [7, 11) is 1.59. The first-order chi connectivity index (χ1) is 15.5. The van der Waals surface area contributed by atoms with E-state index in [2.05, 4.69) is 21.2 Å². The van der Waals surface area contributed by atoms with E-state index in [9.17, 15) is 10.1 Å². The zero-order valence-electron chi connectivity index (χ0n) is 17.3. The predicted octanol–water partition coefficient (Wildman–Crippen LogP) is 4.96. The Balaban J connectivity index is 1.37. The monoisotopic (exact) mass is 500 g/mol. The van der Waals surface area contributed by atoms with E-state index in [0.717, 1.165) is 32.7 Å². The van der Waals surface area contributed by atoms with Crippen molar-refractivity contribution in [2.24, 2.45) is 0 Å². The second-order valence-corrected chi connectivity index (χ2v) is 7.95. The standard InChI is InChI=1S/C23H21BrN2O6/c1-29-21-9-17(12-25-11-16-4-7-20-22(8-16)32-14-31-20)19(24)10-23(21)30-13-15-2-5-18(6-3-15)26(27)28/h2-10,25H,11-14H2,1H3. The maximum absolute atomic E-state index is 10.8. The lowest BCUT2D eigenvalue weighted by molar-refractivity contribution is -0.384. The third kappa shape index (κ3) is 5.12. The number of ether oxygens (including phenoxy) is 4. The van der Waals surface area contributed by atoms with Gasteiger partial charge in [0.05, 0.1) is 12.0 Å². The predicted molar refractivity (Wildman–Crippen MR) is 121 cm³/mol. The number of methoxy groups -OCH3 is 1. The summed E-state index contributed by atoms with van der Waals surface area (Å²) >= 11 is 3.60. The van der Waals surface area contributed by atoms with Crippen molar-refractivity contribution in [3.8, 4) is 23.0 Å². The van der Waals surface area contributed by atoms with E-state index >= 15 is 0 Å². The molecule has 1 aliphatic heterocycles. The van der Waals surface area contributed by atoms with E-state index < -0.39 is 4.92 Å². The van der Waals surface area contributed by atoms with Crippen LogP contribution in [0.5, 0.6) is 23.0 Å². The molecule has 0 aromatic heterocycles. The summed E-state index contributed by atoms with van der Waals surface area (Å²) in [5.41, 5.74) is 2.99. The van der Waals surface area contributed by atoms with Gasteiger partial charge in [-0.05, 0) is 53.1 Å². The first-order valence-electron chi connectivity index (χ1n) is 9.85. The lowest BCUT2D eigenvalue weighted by atomic mass is 10.1. The van der Waals surface area contributed by atoms with Crippen LogP contribution in [0.3, 0.4) is 0 Å². The Bertz CT molecular complexity index is 1120. The largest absolute Gasteiger partial charge is 0.493 e. The molecule has 9 heteroatoms. The lowest BCUT2D eigenvalue weighted by Gasteiger charge is -2.15. The number of fused-ring (bicyclic) bond motifs is 1. The summed E-state index contributed by atoms with van der Waals surface area (Å²) in [4.78, 5) is 10.4. The maximum Gasteiger partial charge on any atom is 0.269 e. The molecule has 1 heterocycles. The lowest BCUT2D eigenvalue weighted by Crippen LogP contribution is -2.13. The molecule has 0 amide bonds. The fraction of sp³-hybridized carbons (Fsp3) is 0.217. The Morgan fingerprint density at radius 3 is 2.50 bits per heavy atom. The molecule has 0 radical (unpaired) electrons. The van der Waals surface area contributed by atoms with Crippen molar-refractivity contribution in [1.29, 1.82) is 0 Å². The van der Waals surface area contributed by atoms with Crippen LogP contribution >= 0.6 is 15.9 Å². The Morgan fingerprint density at radius 2 is 1.75 bits per heavy atom. The molecule has 0 spiro atoms. The van der Waals surface area contributed by atoms with Gasteiger partial charge in [0.15, 0.2) is 23.0 Å². The van der Waals surface area contributed by atoms with Gasteiger partial charge in [-0.25, -0.2) is 0 Å². The van der Waals surface area contributed by atoms with Crippen molar-refractivity contribution in [1.82, 2.24) is 5.32 Å². The minimum atomic E-state index is -0.427. The minimum absolute atomic E-state index is 0.0478. The van der Waals surface area contributed by atoms with E-state index in [1.807, 2.05) is 30.3 Å². The average Bonchev–Trinajstić information content (AvgIpc) is 3.27. The molecule has 166 valence electrons. The van der Waals surface area contributed by atoms with Crippen LogP contribution in [-0.2, 0) is 19.7 Å². The van der Waals surface area contributed by atoms with E-state index in [-0.39, 0.29) is 19.1 Å². The van der Waals surface area contributed by atoms with Gasteiger partial charge in [-0.3, -0.25) is 10.1 Å². The van der Waals surface area contributed by atoms with Gasteiger partial charge in [0.25, 0.3) is 5.69 Å². The zero-order valence-corrected chi connectivity index (χ0v) is 18.9. The number of non-ortho nitro benzene ring substituents is 1. The number of benzene rings is 3. The van der Waals surface area contributed by atoms with Crippen molar-refractivity contribution in [2.45, 2.75) is 19.7 Å². The third-order valence-electron chi connectivity index (χ3n) is 4.96. The van der Waals surface area contributed by atoms with Crippen LogP contribution in [0.1, 0.15) is 16.7 Å². The SMILES string of the molecule is COc1cc(CNCc2ccc3c(c2)OCO3)c(Br)cc1OCc1ccc([N+](=O)[O-])cc1. The number of hydrogen-bond acceptors (Lipinski definition) is 7. The highest BCUT2D eigenvalue weighted by Gasteiger charge is 2.14. The molecule has 0 unspecified atom stereocenters. The first-order valence-corrected chi connectivity index (χ1v) is 10.6. The Kier molecular flexibility index (Phi) is 6.77.